The monoisotopic (exact) mass is 267 g/mol. The van der Waals surface area contributed by atoms with Crippen molar-refractivity contribution in [1.82, 2.24) is 15.1 Å². The highest BCUT2D eigenvalue weighted by Crippen LogP contribution is 2.22. The van der Waals surface area contributed by atoms with Gasteiger partial charge in [-0.1, -0.05) is 13.8 Å². The van der Waals surface area contributed by atoms with Gasteiger partial charge in [0, 0.05) is 31.2 Å². The van der Waals surface area contributed by atoms with Crippen LogP contribution >= 0.6 is 0 Å². The molecule has 0 aromatic rings. The molecule has 0 radical (unpaired) electrons. The van der Waals surface area contributed by atoms with E-state index in [0.29, 0.717) is 6.04 Å². The van der Waals surface area contributed by atoms with Gasteiger partial charge in [0.25, 0.3) is 0 Å². The number of rotatable bonds is 7. The minimum atomic E-state index is 0.627. The molecule has 0 amide bonds. The quantitative estimate of drug-likeness (QED) is 0.714. The Balaban J connectivity index is 1.62. The van der Waals surface area contributed by atoms with Crippen LogP contribution in [-0.4, -0.2) is 60.6 Å². The summed E-state index contributed by atoms with van der Waals surface area (Å²) in [6, 6.07) is 2.25. The number of hydrogen-bond donors (Lipinski definition) is 1. The lowest BCUT2D eigenvalue weighted by molar-refractivity contribution is 0.200. The predicted molar refractivity (Wildman–Crippen MR) is 82.6 cm³/mol. The third-order valence-corrected chi connectivity index (χ3v) is 4.83. The second kappa shape index (κ2) is 7.61. The number of likely N-dealkylation sites (tertiary alicyclic amines) is 2. The van der Waals surface area contributed by atoms with Gasteiger partial charge in [-0.05, 0) is 58.7 Å². The number of hydrogen-bond acceptors (Lipinski definition) is 3. The number of nitrogens with zero attached hydrogens (tertiary/aromatic N) is 2. The molecule has 3 nitrogen and oxygen atoms in total. The van der Waals surface area contributed by atoms with Crippen LogP contribution in [0.2, 0.25) is 0 Å². The van der Waals surface area contributed by atoms with Gasteiger partial charge in [0.15, 0.2) is 0 Å². The summed E-state index contributed by atoms with van der Waals surface area (Å²) in [5.41, 5.74) is 0. The highest BCUT2D eigenvalue weighted by Gasteiger charge is 2.30. The lowest BCUT2D eigenvalue weighted by atomic mass is 10.1. The fourth-order valence-electron chi connectivity index (χ4n) is 3.54. The molecule has 0 aromatic heterocycles. The fraction of sp³-hybridized carbons (Fsp3) is 1.00. The molecule has 2 rings (SSSR count). The maximum atomic E-state index is 3.52. The van der Waals surface area contributed by atoms with E-state index in [1.165, 1.54) is 64.8 Å². The Bertz CT molecular complexity index is 248. The zero-order valence-corrected chi connectivity index (χ0v) is 13.2. The van der Waals surface area contributed by atoms with E-state index >= 15 is 0 Å². The highest BCUT2D eigenvalue weighted by atomic mass is 15.3. The molecule has 0 bridgehead atoms. The summed E-state index contributed by atoms with van der Waals surface area (Å²) in [5, 5.41) is 3.52. The van der Waals surface area contributed by atoms with E-state index in [1.54, 1.807) is 0 Å². The predicted octanol–water partition coefficient (Wildman–Crippen LogP) is 2.32. The van der Waals surface area contributed by atoms with Crippen molar-refractivity contribution in [1.29, 1.82) is 0 Å². The van der Waals surface area contributed by atoms with E-state index < -0.39 is 0 Å². The molecule has 0 aliphatic carbocycles. The molecule has 2 aliphatic heterocycles. The van der Waals surface area contributed by atoms with Crippen molar-refractivity contribution in [2.45, 2.75) is 71.0 Å². The van der Waals surface area contributed by atoms with Gasteiger partial charge in [0.2, 0.25) is 0 Å². The molecule has 0 spiro atoms. The summed E-state index contributed by atoms with van der Waals surface area (Å²) in [6.45, 7) is 13.4. The molecule has 2 atom stereocenters. The molecular formula is C16H33N3. The fourth-order valence-corrected chi connectivity index (χ4v) is 3.54. The molecule has 0 saturated carbocycles. The van der Waals surface area contributed by atoms with Crippen LogP contribution in [0.5, 0.6) is 0 Å². The van der Waals surface area contributed by atoms with Gasteiger partial charge < -0.3 is 5.32 Å². The Labute approximate surface area is 119 Å². The van der Waals surface area contributed by atoms with Crippen molar-refractivity contribution in [3.8, 4) is 0 Å². The second-order valence-electron chi connectivity index (χ2n) is 6.78. The Morgan fingerprint density at radius 2 is 1.84 bits per heavy atom. The van der Waals surface area contributed by atoms with E-state index in [4.69, 9.17) is 0 Å². The van der Waals surface area contributed by atoms with E-state index in [1.807, 2.05) is 0 Å². The Kier molecular flexibility index (Phi) is 6.11. The van der Waals surface area contributed by atoms with Crippen molar-refractivity contribution < 1.29 is 0 Å². The third-order valence-electron chi connectivity index (χ3n) is 4.83. The zero-order valence-electron chi connectivity index (χ0n) is 13.2. The summed E-state index contributed by atoms with van der Waals surface area (Å²) in [7, 11) is 0. The summed E-state index contributed by atoms with van der Waals surface area (Å²) in [6.07, 6.45) is 6.89. The average molecular weight is 267 g/mol. The van der Waals surface area contributed by atoms with Crippen molar-refractivity contribution in [3.05, 3.63) is 0 Å². The molecule has 112 valence electrons. The van der Waals surface area contributed by atoms with E-state index in [0.717, 1.165) is 12.1 Å². The molecule has 2 fully saturated rings. The van der Waals surface area contributed by atoms with Crippen LogP contribution in [-0.2, 0) is 0 Å². The van der Waals surface area contributed by atoms with E-state index in [9.17, 15) is 0 Å². The first-order valence-corrected chi connectivity index (χ1v) is 8.38. The van der Waals surface area contributed by atoms with Gasteiger partial charge in [-0.3, -0.25) is 9.80 Å². The van der Waals surface area contributed by atoms with Gasteiger partial charge >= 0.3 is 0 Å². The van der Waals surface area contributed by atoms with Crippen LogP contribution in [0.25, 0.3) is 0 Å². The first kappa shape index (κ1) is 15.3. The van der Waals surface area contributed by atoms with Crippen LogP contribution in [0.3, 0.4) is 0 Å². The first-order chi connectivity index (χ1) is 9.16. The van der Waals surface area contributed by atoms with E-state index in [-0.39, 0.29) is 0 Å². The highest BCUT2D eigenvalue weighted by molar-refractivity contribution is 4.87. The van der Waals surface area contributed by atoms with Gasteiger partial charge in [0.1, 0.15) is 0 Å². The molecule has 3 heteroatoms. The Morgan fingerprint density at radius 3 is 2.53 bits per heavy atom. The first-order valence-electron chi connectivity index (χ1n) is 8.38. The van der Waals surface area contributed by atoms with Gasteiger partial charge in [-0.25, -0.2) is 0 Å². The lowest BCUT2D eigenvalue weighted by Crippen LogP contribution is -2.38. The molecule has 2 saturated heterocycles. The normalized spacial score (nSPS) is 27.5. The zero-order chi connectivity index (χ0) is 13.7. The van der Waals surface area contributed by atoms with Crippen molar-refractivity contribution >= 4 is 0 Å². The maximum absolute atomic E-state index is 3.52. The van der Waals surface area contributed by atoms with Crippen molar-refractivity contribution in [3.63, 3.8) is 0 Å². The summed E-state index contributed by atoms with van der Waals surface area (Å²) < 4.78 is 0. The van der Waals surface area contributed by atoms with Crippen molar-refractivity contribution in [2.75, 3.05) is 32.7 Å². The molecule has 2 aliphatic rings. The van der Waals surface area contributed by atoms with Crippen molar-refractivity contribution in [2.24, 2.45) is 0 Å². The second-order valence-corrected chi connectivity index (χ2v) is 6.78. The molecule has 2 unspecified atom stereocenters. The van der Waals surface area contributed by atoms with Crippen LogP contribution in [0, 0.1) is 0 Å². The maximum Gasteiger partial charge on any atom is 0.0235 e. The van der Waals surface area contributed by atoms with Crippen LogP contribution < -0.4 is 5.32 Å². The minimum Gasteiger partial charge on any atom is -0.315 e. The lowest BCUT2D eigenvalue weighted by Gasteiger charge is -2.27. The molecule has 19 heavy (non-hydrogen) atoms. The largest absolute Gasteiger partial charge is 0.315 e. The SMILES string of the molecule is CC(C)NCCCC(C)N1CCC(N2CCCC2)C1. The molecule has 1 N–H and O–H groups in total. The minimum absolute atomic E-state index is 0.627. The Hall–Kier alpha value is -0.120. The summed E-state index contributed by atoms with van der Waals surface area (Å²) in [5.74, 6) is 0. The topological polar surface area (TPSA) is 18.5 Å². The average Bonchev–Trinajstić information content (AvgIpc) is 3.03. The van der Waals surface area contributed by atoms with Crippen LogP contribution in [0.1, 0.15) is 52.9 Å². The summed E-state index contributed by atoms with van der Waals surface area (Å²) in [4.78, 5) is 5.45. The van der Waals surface area contributed by atoms with Crippen LogP contribution in [0.4, 0.5) is 0 Å². The summed E-state index contributed by atoms with van der Waals surface area (Å²) >= 11 is 0. The smallest absolute Gasteiger partial charge is 0.0235 e. The standard InChI is InChI=1S/C16H33N3/c1-14(2)17-9-6-7-15(3)19-12-8-16(13-19)18-10-4-5-11-18/h14-17H,4-13H2,1-3H3. The molecular weight excluding hydrogens is 234 g/mol. The van der Waals surface area contributed by atoms with Gasteiger partial charge in [-0.2, -0.15) is 0 Å². The third kappa shape index (κ3) is 4.73. The molecule has 2 heterocycles. The van der Waals surface area contributed by atoms with Crippen LogP contribution in [0.15, 0.2) is 0 Å². The van der Waals surface area contributed by atoms with Gasteiger partial charge in [0.05, 0.1) is 0 Å². The molecule has 0 aromatic carbocycles. The van der Waals surface area contributed by atoms with E-state index in [2.05, 4.69) is 35.9 Å². The number of nitrogens with one attached hydrogen (secondary N) is 1. The Morgan fingerprint density at radius 1 is 1.11 bits per heavy atom. The van der Waals surface area contributed by atoms with Gasteiger partial charge in [-0.15, -0.1) is 0 Å².